The van der Waals surface area contributed by atoms with Crippen molar-refractivity contribution >= 4 is 5.91 Å². The van der Waals surface area contributed by atoms with Gasteiger partial charge in [0.1, 0.15) is 0 Å². The number of carbonyl (C=O) groups excluding carboxylic acids is 1. The third-order valence-corrected chi connectivity index (χ3v) is 4.70. The van der Waals surface area contributed by atoms with Crippen molar-refractivity contribution in [2.24, 2.45) is 11.1 Å². The van der Waals surface area contributed by atoms with Crippen molar-refractivity contribution in [2.75, 3.05) is 26.7 Å². The lowest BCUT2D eigenvalue weighted by molar-refractivity contribution is -0.133. The Balaban J connectivity index is 1.86. The number of hydrogen-bond acceptors (Lipinski definition) is 3. The van der Waals surface area contributed by atoms with Gasteiger partial charge in [0, 0.05) is 26.7 Å². The fraction of sp³-hybridized carbons (Fsp3) is 0.929. The summed E-state index contributed by atoms with van der Waals surface area (Å²) in [5.74, 6) is 0.217. The van der Waals surface area contributed by atoms with E-state index in [-0.39, 0.29) is 12.0 Å². The molecule has 2 fully saturated rings. The van der Waals surface area contributed by atoms with Crippen LogP contribution in [0.3, 0.4) is 0 Å². The Morgan fingerprint density at radius 3 is 2.67 bits per heavy atom. The van der Waals surface area contributed by atoms with Crippen molar-refractivity contribution in [1.29, 1.82) is 0 Å². The van der Waals surface area contributed by atoms with E-state index in [0.717, 1.165) is 13.1 Å². The van der Waals surface area contributed by atoms with E-state index in [2.05, 4.69) is 0 Å². The summed E-state index contributed by atoms with van der Waals surface area (Å²) in [6.45, 7) is 2.31. The number of rotatable bonds is 4. The first-order chi connectivity index (χ1) is 8.69. The Morgan fingerprint density at radius 2 is 2.06 bits per heavy atom. The predicted octanol–water partition coefficient (Wildman–Crippen LogP) is 1.53. The Hall–Kier alpha value is -0.610. The van der Waals surface area contributed by atoms with Gasteiger partial charge in [-0.1, -0.05) is 19.3 Å². The summed E-state index contributed by atoms with van der Waals surface area (Å²) in [4.78, 5) is 14.2. The second-order valence-electron chi connectivity index (χ2n) is 5.92. The molecule has 1 saturated carbocycles. The molecule has 1 saturated heterocycles. The Bertz CT molecular complexity index is 284. The highest BCUT2D eigenvalue weighted by atomic mass is 16.5. The van der Waals surface area contributed by atoms with E-state index in [9.17, 15) is 4.79 Å². The molecule has 104 valence electrons. The summed E-state index contributed by atoms with van der Waals surface area (Å²) >= 11 is 0. The van der Waals surface area contributed by atoms with Gasteiger partial charge >= 0.3 is 0 Å². The van der Waals surface area contributed by atoms with Crippen LogP contribution in [0.25, 0.3) is 0 Å². The highest BCUT2D eigenvalue weighted by Gasteiger charge is 2.40. The maximum Gasteiger partial charge on any atom is 0.225 e. The maximum atomic E-state index is 12.2. The molecule has 2 rings (SSSR count). The van der Waals surface area contributed by atoms with Crippen LogP contribution >= 0.6 is 0 Å². The minimum Gasteiger partial charge on any atom is -0.380 e. The molecule has 4 nitrogen and oxygen atoms in total. The zero-order valence-corrected chi connectivity index (χ0v) is 11.5. The standard InChI is InChI=1S/C14H26N2O2/c1-18-12(10-15)9-13(17)16-8-7-14(11-16)5-3-2-4-6-14/h12H,2-11,15H2,1H3. The van der Waals surface area contributed by atoms with Gasteiger partial charge in [-0.3, -0.25) is 4.79 Å². The van der Waals surface area contributed by atoms with Crippen LogP contribution < -0.4 is 5.73 Å². The summed E-state index contributed by atoms with van der Waals surface area (Å²) in [7, 11) is 1.62. The molecular formula is C14H26N2O2. The molecule has 4 heteroatoms. The van der Waals surface area contributed by atoms with Crippen LogP contribution in [0.15, 0.2) is 0 Å². The topological polar surface area (TPSA) is 55.6 Å². The lowest BCUT2D eigenvalue weighted by Crippen LogP contribution is -2.36. The lowest BCUT2D eigenvalue weighted by atomic mass is 9.73. The molecule has 1 amide bonds. The van der Waals surface area contributed by atoms with Gasteiger partial charge in [-0.25, -0.2) is 0 Å². The van der Waals surface area contributed by atoms with Crippen LogP contribution in [-0.2, 0) is 9.53 Å². The zero-order chi connectivity index (χ0) is 13.0. The zero-order valence-electron chi connectivity index (χ0n) is 11.5. The third kappa shape index (κ3) is 3.04. The average molecular weight is 254 g/mol. The van der Waals surface area contributed by atoms with Gasteiger partial charge in [-0.15, -0.1) is 0 Å². The van der Waals surface area contributed by atoms with E-state index < -0.39 is 0 Å². The van der Waals surface area contributed by atoms with Gasteiger partial charge in [-0.05, 0) is 24.7 Å². The highest BCUT2D eigenvalue weighted by Crippen LogP contribution is 2.43. The minimum atomic E-state index is -0.125. The van der Waals surface area contributed by atoms with E-state index in [0.29, 0.717) is 18.4 Å². The van der Waals surface area contributed by atoms with E-state index in [1.165, 1.54) is 38.5 Å². The first-order valence-electron chi connectivity index (χ1n) is 7.20. The average Bonchev–Trinajstić information content (AvgIpc) is 2.80. The molecule has 1 heterocycles. The van der Waals surface area contributed by atoms with E-state index in [4.69, 9.17) is 10.5 Å². The van der Waals surface area contributed by atoms with Crippen molar-refractivity contribution < 1.29 is 9.53 Å². The second-order valence-corrected chi connectivity index (χ2v) is 5.92. The SMILES string of the molecule is COC(CN)CC(=O)N1CCC2(CCCCC2)C1. The van der Waals surface area contributed by atoms with Crippen LogP contribution in [0, 0.1) is 5.41 Å². The largest absolute Gasteiger partial charge is 0.380 e. The van der Waals surface area contributed by atoms with E-state index in [1.54, 1.807) is 7.11 Å². The molecule has 1 atom stereocenters. The van der Waals surface area contributed by atoms with Crippen molar-refractivity contribution in [1.82, 2.24) is 4.90 Å². The first kappa shape index (κ1) is 13.8. The quantitative estimate of drug-likeness (QED) is 0.828. The molecule has 1 aliphatic heterocycles. The van der Waals surface area contributed by atoms with Crippen molar-refractivity contribution in [3.05, 3.63) is 0 Å². The summed E-state index contributed by atoms with van der Waals surface area (Å²) in [5, 5.41) is 0. The van der Waals surface area contributed by atoms with Crippen LogP contribution in [0.4, 0.5) is 0 Å². The molecule has 1 spiro atoms. The second kappa shape index (κ2) is 6.02. The molecule has 0 aromatic rings. The van der Waals surface area contributed by atoms with Gasteiger partial charge in [0.05, 0.1) is 12.5 Å². The summed E-state index contributed by atoms with van der Waals surface area (Å²) < 4.78 is 5.19. The number of ether oxygens (including phenoxy) is 1. The van der Waals surface area contributed by atoms with Crippen LogP contribution in [0.5, 0.6) is 0 Å². The number of nitrogens with two attached hydrogens (primary N) is 1. The molecule has 0 aromatic heterocycles. The van der Waals surface area contributed by atoms with Gasteiger partial charge in [0.15, 0.2) is 0 Å². The fourth-order valence-electron chi connectivity index (χ4n) is 3.44. The van der Waals surface area contributed by atoms with Crippen molar-refractivity contribution in [3.63, 3.8) is 0 Å². The van der Waals surface area contributed by atoms with Gasteiger partial charge in [0.2, 0.25) is 5.91 Å². The smallest absolute Gasteiger partial charge is 0.225 e. The number of amides is 1. The van der Waals surface area contributed by atoms with E-state index >= 15 is 0 Å². The monoisotopic (exact) mass is 254 g/mol. The van der Waals surface area contributed by atoms with Crippen molar-refractivity contribution in [3.8, 4) is 0 Å². The normalized spacial score (nSPS) is 24.4. The molecule has 2 aliphatic rings. The summed E-state index contributed by atoms with van der Waals surface area (Å²) in [6.07, 6.45) is 8.16. The lowest BCUT2D eigenvalue weighted by Gasteiger charge is -2.33. The minimum absolute atomic E-state index is 0.125. The molecule has 18 heavy (non-hydrogen) atoms. The number of methoxy groups -OCH3 is 1. The Morgan fingerprint density at radius 1 is 1.33 bits per heavy atom. The highest BCUT2D eigenvalue weighted by molar-refractivity contribution is 5.77. The molecule has 2 N–H and O–H groups in total. The van der Waals surface area contributed by atoms with Gasteiger partial charge in [-0.2, -0.15) is 0 Å². The van der Waals surface area contributed by atoms with Gasteiger partial charge in [0.25, 0.3) is 0 Å². The number of carbonyl (C=O) groups is 1. The fourth-order valence-corrected chi connectivity index (χ4v) is 3.44. The maximum absolute atomic E-state index is 12.2. The predicted molar refractivity (Wildman–Crippen MR) is 71.2 cm³/mol. The number of hydrogen-bond donors (Lipinski definition) is 1. The van der Waals surface area contributed by atoms with Crippen molar-refractivity contribution in [2.45, 2.75) is 51.0 Å². The number of nitrogens with zero attached hydrogens (tertiary/aromatic N) is 1. The molecular weight excluding hydrogens is 228 g/mol. The number of likely N-dealkylation sites (tertiary alicyclic amines) is 1. The molecule has 0 bridgehead atoms. The first-order valence-corrected chi connectivity index (χ1v) is 7.20. The third-order valence-electron chi connectivity index (χ3n) is 4.70. The van der Waals surface area contributed by atoms with Gasteiger partial charge < -0.3 is 15.4 Å². The molecule has 1 aliphatic carbocycles. The van der Waals surface area contributed by atoms with Crippen LogP contribution in [0.1, 0.15) is 44.9 Å². The summed E-state index contributed by atoms with van der Waals surface area (Å²) in [6, 6.07) is 0. The Kier molecular flexibility index (Phi) is 4.62. The Labute approximate surface area is 110 Å². The molecule has 0 aromatic carbocycles. The molecule has 1 unspecified atom stereocenters. The summed E-state index contributed by atoms with van der Waals surface area (Å²) in [5.41, 5.74) is 6.01. The van der Waals surface area contributed by atoms with E-state index in [1.807, 2.05) is 4.90 Å². The van der Waals surface area contributed by atoms with Crippen LogP contribution in [-0.4, -0.2) is 43.7 Å². The molecule has 0 radical (unpaired) electrons. The van der Waals surface area contributed by atoms with Crippen LogP contribution in [0.2, 0.25) is 0 Å².